The number of benzene rings is 3. The Bertz CT molecular complexity index is 1290. The SMILES string of the molecule is N#Cc1ccccc1-c1ccccc1C(=O)OCC(=O)Nc1ccccc1C(=O)NC1CCCC1. The van der Waals surface area contributed by atoms with Crippen molar-refractivity contribution in [1.82, 2.24) is 5.32 Å². The minimum absolute atomic E-state index is 0.151. The van der Waals surface area contributed by atoms with E-state index in [1.54, 1.807) is 72.8 Å². The van der Waals surface area contributed by atoms with E-state index in [1.807, 2.05) is 0 Å². The van der Waals surface area contributed by atoms with Crippen molar-refractivity contribution in [1.29, 1.82) is 5.26 Å². The molecule has 2 N–H and O–H groups in total. The molecule has 0 spiro atoms. The summed E-state index contributed by atoms with van der Waals surface area (Å²) in [6.07, 6.45) is 4.10. The first kappa shape index (κ1) is 23.7. The number of esters is 1. The Labute approximate surface area is 203 Å². The summed E-state index contributed by atoms with van der Waals surface area (Å²) >= 11 is 0. The van der Waals surface area contributed by atoms with Crippen molar-refractivity contribution in [2.45, 2.75) is 31.7 Å². The van der Waals surface area contributed by atoms with Crippen molar-refractivity contribution in [3.63, 3.8) is 0 Å². The quantitative estimate of drug-likeness (QED) is 0.490. The van der Waals surface area contributed by atoms with Gasteiger partial charge < -0.3 is 15.4 Å². The van der Waals surface area contributed by atoms with E-state index in [-0.39, 0.29) is 17.5 Å². The highest BCUT2D eigenvalue weighted by Gasteiger charge is 2.21. The van der Waals surface area contributed by atoms with Crippen LogP contribution in [0.1, 0.15) is 52.0 Å². The topological polar surface area (TPSA) is 108 Å². The highest BCUT2D eigenvalue weighted by Crippen LogP contribution is 2.27. The Hall–Kier alpha value is -4.44. The summed E-state index contributed by atoms with van der Waals surface area (Å²) in [7, 11) is 0. The fraction of sp³-hybridized carbons (Fsp3) is 0.214. The third kappa shape index (κ3) is 5.74. The molecule has 0 aromatic heterocycles. The predicted molar refractivity (Wildman–Crippen MR) is 132 cm³/mol. The summed E-state index contributed by atoms with van der Waals surface area (Å²) in [6.45, 7) is -0.522. The van der Waals surface area contributed by atoms with Gasteiger partial charge in [0.1, 0.15) is 0 Å². The molecule has 0 unspecified atom stereocenters. The number of rotatable bonds is 7. The monoisotopic (exact) mass is 467 g/mol. The standard InChI is InChI=1S/C28H25N3O4/c29-17-19-9-1-4-12-21(19)22-13-5-6-14-23(22)28(34)35-18-26(32)31-25-16-8-7-15-24(25)27(33)30-20-10-2-3-11-20/h1,4-9,12-16,20H,2-3,10-11,18H2,(H,30,33)(H,31,32). The second-order valence-corrected chi connectivity index (χ2v) is 8.33. The number of nitriles is 1. The van der Waals surface area contributed by atoms with Crippen molar-refractivity contribution in [2.24, 2.45) is 0 Å². The fourth-order valence-electron chi connectivity index (χ4n) is 4.23. The zero-order valence-corrected chi connectivity index (χ0v) is 19.1. The molecule has 3 aromatic rings. The molecule has 1 saturated carbocycles. The maximum Gasteiger partial charge on any atom is 0.339 e. The summed E-state index contributed by atoms with van der Waals surface area (Å²) in [5.41, 5.74) is 2.54. The number of para-hydroxylation sites is 1. The first-order valence-corrected chi connectivity index (χ1v) is 11.5. The molecule has 1 aliphatic rings. The summed E-state index contributed by atoms with van der Waals surface area (Å²) in [5, 5.41) is 15.1. The number of hydrogen-bond donors (Lipinski definition) is 2. The van der Waals surface area contributed by atoms with Crippen LogP contribution in [0.15, 0.2) is 72.8 Å². The van der Waals surface area contributed by atoms with E-state index >= 15 is 0 Å². The second kappa shape index (κ2) is 11.1. The van der Waals surface area contributed by atoms with Gasteiger partial charge in [-0.25, -0.2) is 4.79 Å². The second-order valence-electron chi connectivity index (χ2n) is 8.33. The molecule has 0 atom stereocenters. The third-order valence-electron chi connectivity index (χ3n) is 5.96. The van der Waals surface area contributed by atoms with Gasteiger partial charge in [-0.1, -0.05) is 61.4 Å². The van der Waals surface area contributed by atoms with Crippen LogP contribution in [0, 0.1) is 11.3 Å². The molecule has 4 rings (SSSR count). The van der Waals surface area contributed by atoms with Gasteiger partial charge in [0.15, 0.2) is 6.61 Å². The van der Waals surface area contributed by atoms with Crippen LogP contribution in [-0.4, -0.2) is 30.4 Å². The van der Waals surface area contributed by atoms with Gasteiger partial charge in [-0.3, -0.25) is 9.59 Å². The van der Waals surface area contributed by atoms with Gasteiger partial charge in [-0.15, -0.1) is 0 Å². The number of anilines is 1. The minimum atomic E-state index is -0.684. The van der Waals surface area contributed by atoms with Gasteiger partial charge in [0.05, 0.1) is 28.4 Å². The van der Waals surface area contributed by atoms with Crippen LogP contribution in [-0.2, 0) is 9.53 Å². The average molecular weight is 468 g/mol. The lowest BCUT2D eigenvalue weighted by Gasteiger charge is -2.15. The van der Waals surface area contributed by atoms with E-state index in [1.165, 1.54) is 0 Å². The summed E-state index contributed by atoms with van der Waals surface area (Å²) in [5.74, 6) is -1.49. The molecule has 0 radical (unpaired) electrons. The molecule has 7 heteroatoms. The molecular weight excluding hydrogens is 442 g/mol. The number of nitrogens with one attached hydrogen (secondary N) is 2. The number of carbonyl (C=O) groups is 3. The van der Waals surface area contributed by atoms with Gasteiger partial charge in [0.2, 0.25) is 0 Å². The normalized spacial score (nSPS) is 13.0. The molecule has 1 fully saturated rings. The van der Waals surface area contributed by atoms with Crippen LogP contribution in [0.4, 0.5) is 5.69 Å². The number of amides is 2. The van der Waals surface area contributed by atoms with Gasteiger partial charge >= 0.3 is 5.97 Å². The van der Waals surface area contributed by atoms with E-state index < -0.39 is 18.5 Å². The maximum absolute atomic E-state index is 12.8. The first-order valence-electron chi connectivity index (χ1n) is 11.5. The zero-order valence-electron chi connectivity index (χ0n) is 19.1. The van der Waals surface area contributed by atoms with Gasteiger partial charge in [0.25, 0.3) is 11.8 Å². The zero-order chi connectivity index (χ0) is 24.6. The van der Waals surface area contributed by atoms with Crippen LogP contribution in [0.2, 0.25) is 0 Å². The largest absolute Gasteiger partial charge is 0.452 e. The summed E-state index contributed by atoms with van der Waals surface area (Å²) in [6, 6.07) is 22.7. The lowest BCUT2D eigenvalue weighted by Crippen LogP contribution is -2.33. The van der Waals surface area contributed by atoms with E-state index in [2.05, 4.69) is 16.7 Å². The molecule has 7 nitrogen and oxygen atoms in total. The van der Waals surface area contributed by atoms with Gasteiger partial charge in [-0.2, -0.15) is 5.26 Å². The first-order chi connectivity index (χ1) is 17.1. The summed E-state index contributed by atoms with van der Waals surface area (Å²) in [4.78, 5) is 38.1. The Balaban J connectivity index is 1.42. The van der Waals surface area contributed by atoms with Crippen molar-refractivity contribution < 1.29 is 19.1 Å². The molecule has 0 saturated heterocycles. The molecule has 3 aromatic carbocycles. The van der Waals surface area contributed by atoms with Crippen molar-refractivity contribution in [3.05, 3.63) is 89.5 Å². The van der Waals surface area contributed by atoms with Crippen LogP contribution in [0.5, 0.6) is 0 Å². The lowest BCUT2D eigenvalue weighted by molar-refractivity contribution is -0.119. The smallest absolute Gasteiger partial charge is 0.339 e. The van der Waals surface area contributed by atoms with Crippen LogP contribution >= 0.6 is 0 Å². The minimum Gasteiger partial charge on any atom is -0.452 e. The maximum atomic E-state index is 12.8. The van der Waals surface area contributed by atoms with E-state index in [0.717, 1.165) is 25.7 Å². The number of ether oxygens (including phenoxy) is 1. The van der Waals surface area contributed by atoms with E-state index in [4.69, 9.17) is 4.74 Å². The average Bonchev–Trinajstić information content (AvgIpc) is 3.40. The lowest BCUT2D eigenvalue weighted by atomic mass is 9.96. The third-order valence-corrected chi connectivity index (χ3v) is 5.96. The van der Waals surface area contributed by atoms with E-state index in [9.17, 15) is 19.6 Å². The van der Waals surface area contributed by atoms with Crippen molar-refractivity contribution in [3.8, 4) is 17.2 Å². The van der Waals surface area contributed by atoms with E-state index in [0.29, 0.717) is 27.9 Å². The number of nitrogens with zero attached hydrogens (tertiary/aromatic N) is 1. The Morgan fingerprint density at radius 2 is 1.49 bits per heavy atom. The number of carbonyl (C=O) groups excluding carboxylic acids is 3. The van der Waals surface area contributed by atoms with Crippen molar-refractivity contribution >= 4 is 23.5 Å². The van der Waals surface area contributed by atoms with Crippen LogP contribution in [0.3, 0.4) is 0 Å². The molecule has 0 aliphatic heterocycles. The predicted octanol–water partition coefficient (Wildman–Crippen LogP) is 4.69. The Kier molecular flexibility index (Phi) is 7.53. The van der Waals surface area contributed by atoms with Crippen LogP contribution < -0.4 is 10.6 Å². The molecule has 35 heavy (non-hydrogen) atoms. The molecule has 1 aliphatic carbocycles. The molecular formula is C28H25N3O4. The van der Waals surface area contributed by atoms with Crippen LogP contribution in [0.25, 0.3) is 11.1 Å². The molecule has 0 heterocycles. The molecule has 0 bridgehead atoms. The number of hydrogen-bond acceptors (Lipinski definition) is 5. The van der Waals surface area contributed by atoms with Gasteiger partial charge in [0, 0.05) is 11.6 Å². The Morgan fingerprint density at radius 1 is 0.857 bits per heavy atom. The highest BCUT2D eigenvalue weighted by atomic mass is 16.5. The molecule has 176 valence electrons. The van der Waals surface area contributed by atoms with Gasteiger partial charge in [-0.05, 0) is 42.7 Å². The Morgan fingerprint density at radius 3 is 2.23 bits per heavy atom. The highest BCUT2D eigenvalue weighted by molar-refractivity contribution is 6.05. The fourth-order valence-corrected chi connectivity index (χ4v) is 4.23. The van der Waals surface area contributed by atoms with Crippen molar-refractivity contribution in [2.75, 3.05) is 11.9 Å². The summed E-state index contributed by atoms with van der Waals surface area (Å²) < 4.78 is 5.27. The molecule has 2 amide bonds.